The summed E-state index contributed by atoms with van der Waals surface area (Å²) in [6.45, 7) is 12.2. The normalized spacial score (nSPS) is 11.4. The van der Waals surface area contributed by atoms with Crippen molar-refractivity contribution in [3.8, 4) is 0 Å². The summed E-state index contributed by atoms with van der Waals surface area (Å²) < 4.78 is 9.88. The summed E-state index contributed by atoms with van der Waals surface area (Å²) in [6, 6.07) is 0. The van der Waals surface area contributed by atoms with Gasteiger partial charge in [0.15, 0.2) is 5.88 Å². The molecule has 0 fully saturated rings. The van der Waals surface area contributed by atoms with Gasteiger partial charge in [0.25, 0.3) is 0 Å². The number of alkyl carbamates (subject to hydrolysis) is 1. The van der Waals surface area contributed by atoms with Crippen molar-refractivity contribution in [1.82, 2.24) is 10.6 Å². The van der Waals surface area contributed by atoms with Crippen molar-refractivity contribution in [1.29, 1.82) is 0 Å². The van der Waals surface area contributed by atoms with Crippen LogP contribution in [0.1, 0.15) is 27.7 Å². The molecule has 0 saturated carbocycles. The van der Waals surface area contributed by atoms with Gasteiger partial charge in [-0.2, -0.15) is 0 Å². The van der Waals surface area contributed by atoms with Crippen LogP contribution in [0.2, 0.25) is 0 Å². The first-order valence-corrected chi connectivity index (χ1v) is 5.89. The minimum absolute atomic E-state index is 0.449. The topological polar surface area (TPSA) is 59.6 Å². The molecule has 5 heteroatoms. The lowest BCUT2D eigenvalue weighted by molar-refractivity contribution is 0.163. The number of hydrogen-bond donors (Lipinski definition) is 2. The SMILES string of the molecule is C=C(N/C=C/C(C)(C)NC(=O)OC)OCC(C)C. The first-order chi connectivity index (χ1) is 8.26. The molecule has 0 aromatic carbocycles. The number of ether oxygens (including phenoxy) is 2. The lowest BCUT2D eigenvalue weighted by Crippen LogP contribution is -2.41. The second kappa shape index (κ2) is 7.63. The highest BCUT2D eigenvalue weighted by Crippen LogP contribution is 2.04. The van der Waals surface area contributed by atoms with E-state index in [1.165, 1.54) is 7.11 Å². The predicted molar refractivity (Wildman–Crippen MR) is 71.8 cm³/mol. The van der Waals surface area contributed by atoms with Crippen LogP contribution in [0.25, 0.3) is 0 Å². The fourth-order valence-electron chi connectivity index (χ4n) is 1.01. The number of rotatable bonds is 7. The maximum atomic E-state index is 11.1. The number of methoxy groups -OCH3 is 1. The van der Waals surface area contributed by atoms with Crippen molar-refractivity contribution in [2.75, 3.05) is 13.7 Å². The molecule has 0 radical (unpaired) electrons. The van der Waals surface area contributed by atoms with E-state index in [4.69, 9.17) is 4.74 Å². The van der Waals surface area contributed by atoms with Crippen LogP contribution < -0.4 is 10.6 Å². The van der Waals surface area contributed by atoms with E-state index in [9.17, 15) is 4.79 Å². The number of carbonyl (C=O) groups excluding carboxylic acids is 1. The van der Waals surface area contributed by atoms with Gasteiger partial charge < -0.3 is 20.1 Å². The van der Waals surface area contributed by atoms with E-state index in [1.807, 2.05) is 13.8 Å². The molecule has 2 N–H and O–H groups in total. The summed E-state index contributed by atoms with van der Waals surface area (Å²) in [7, 11) is 1.33. The van der Waals surface area contributed by atoms with Crippen molar-refractivity contribution in [2.45, 2.75) is 33.2 Å². The molecule has 0 aromatic rings. The summed E-state index contributed by atoms with van der Waals surface area (Å²) in [5, 5.41) is 5.57. The molecule has 0 heterocycles. The van der Waals surface area contributed by atoms with Gasteiger partial charge in [-0.05, 0) is 32.4 Å². The predicted octanol–water partition coefficient (Wildman–Crippen LogP) is 2.37. The molecule has 0 aromatic heterocycles. The van der Waals surface area contributed by atoms with Crippen molar-refractivity contribution < 1.29 is 14.3 Å². The number of amides is 1. The largest absolute Gasteiger partial charge is 0.479 e. The molecule has 0 atom stereocenters. The molecule has 0 aliphatic rings. The Morgan fingerprint density at radius 1 is 1.44 bits per heavy atom. The Hall–Kier alpha value is -1.65. The Kier molecular flexibility index (Phi) is 6.93. The van der Waals surface area contributed by atoms with Crippen LogP contribution in [0.15, 0.2) is 24.7 Å². The first-order valence-electron chi connectivity index (χ1n) is 5.89. The van der Waals surface area contributed by atoms with Crippen LogP contribution in [0.3, 0.4) is 0 Å². The second-order valence-electron chi connectivity index (χ2n) is 4.94. The fraction of sp³-hybridized carbons (Fsp3) is 0.615. The third-order valence-corrected chi connectivity index (χ3v) is 1.94. The molecule has 1 amide bonds. The quantitative estimate of drug-likeness (QED) is 0.687. The molecule has 0 rings (SSSR count). The van der Waals surface area contributed by atoms with Gasteiger partial charge in [-0.15, -0.1) is 0 Å². The van der Waals surface area contributed by atoms with Gasteiger partial charge in [-0.1, -0.05) is 13.8 Å². The van der Waals surface area contributed by atoms with Crippen molar-refractivity contribution in [3.05, 3.63) is 24.7 Å². The summed E-state index contributed by atoms with van der Waals surface area (Å²) in [6.07, 6.45) is 2.99. The number of hydrogen-bond acceptors (Lipinski definition) is 4. The summed E-state index contributed by atoms with van der Waals surface area (Å²) in [5.41, 5.74) is -0.515. The Labute approximate surface area is 109 Å². The van der Waals surface area contributed by atoms with Gasteiger partial charge in [-0.25, -0.2) is 4.79 Å². The van der Waals surface area contributed by atoms with Gasteiger partial charge in [0.05, 0.1) is 19.3 Å². The molecule has 18 heavy (non-hydrogen) atoms. The molecule has 104 valence electrons. The smallest absolute Gasteiger partial charge is 0.407 e. The standard InChI is InChI=1S/C13H24N2O3/c1-10(2)9-18-11(3)14-8-7-13(4,5)15-12(16)17-6/h7-8,10,14H,3,9H2,1-2,4-6H3,(H,15,16)/b8-7+. The zero-order valence-corrected chi connectivity index (χ0v) is 11.9. The van der Waals surface area contributed by atoms with Crippen LogP contribution >= 0.6 is 0 Å². The Morgan fingerprint density at radius 3 is 2.56 bits per heavy atom. The van der Waals surface area contributed by atoms with E-state index in [0.29, 0.717) is 18.4 Å². The highest BCUT2D eigenvalue weighted by Gasteiger charge is 2.16. The molecule has 0 bridgehead atoms. The Balaban J connectivity index is 4.06. The van der Waals surface area contributed by atoms with E-state index >= 15 is 0 Å². The Bertz CT molecular complexity index is 309. The minimum Gasteiger partial charge on any atom is -0.479 e. The van der Waals surface area contributed by atoms with E-state index in [0.717, 1.165) is 0 Å². The monoisotopic (exact) mass is 256 g/mol. The molecule has 5 nitrogen and oxygen atoms in total. The van der Waals surface area contributed by atoms with Crippen LogP contribution in [0, 0.1) is 5.92 Å². The highest BCUT2D eigenvalue weighted by atomic mass is 16.5. The maximum Gasteiger partial charge on any atom is 0.407 e. The van der Waals surface area contributed by atoms with Crippen LogP contribution in [0.4, 0.5) is 4.79 Å². The lowest BCUT2D eigenvalue weighted by Gasteiger charge is -2.21. The third-order valence-electron chi connectivity index (χ3n) is 1.94. The average molecular weight is 256 g/mol. The lowest BCUT2D eigenvalue weighted by atomic mass is 10.1. The second-order valence-corrected chi connectivity index (χ2v) is 4.94. The zero-order valence-electron chi connectivity index (χ0n) is 11.9. The van der Waals surface area contributed by atoms with E-state index in [1.54, 1.807) is 12.3 Å². The molecular weight excluding hydrogens is 232 g/mol. The zero-order chi connectivity index (χ0) is 14.2. The minimum atomic E-state index is -0.515. The van der Waals surface area contributed by atoms with Gasteiger partial charge in [0.2, 0.25) is 0 Å². The third kappa shape index (κ3) is 8.50. The van der Waals surface area contributed by atoms with Crippen molar-refractivity contribution in [3.63, 3.8) is 0 Å². The van der Waals surface area contributed by atoms with Crippen LogP contribution in [-0.2, 0) is 9.47 Å². The Morgan fingerprint density at radius 2 is 2.06 bits per heavy atom. The molecular formula is C13H24N2O3. The van der Waals surface area contributed by atoms with E-state index in [2.05, 4.69) is 35.8 Å². The highest BCUT2D eigenvalue weighted by molar-refractivity contribution is 5.68. The summed E-state index contributed by atoms with van der Waals surface area (Å²) in [5.74, 6) is 0.929. The molecule has 0 unspecified atom stereocenters. The number of carbonyl (C=O) groups is 1. The first kappa shape index (κ1) is 16.4. The van der Waals surface area contributed by atoms with E-state index < -0.39 is 11.6 Å². The molecule has 0 aliphatic carbocycles. The maximum absolute atomic E-state index is 11.1. The molecule has 0 aliphatic heterocycles. The average Bonchev–Trinajstić information content (AvgIpc) is 2.25. The van der Waals surface area contributed by atoms with Gasteiger partial charge in [-0.3, -0.25) is 0 Å². The summed E-state index contributed by atoms with van der Waals surface area (Å²) >= 11 is 0. The van der Waals surface area contributed by atoms with E-state index in [-0.39, 0.29) is 0 Å². The van der Waals surface area contributed by atoms with Crippen LogP contribution in [0.5, 0.6) is 0 Å². The van der Waals surface area contributed by atoms with Crippen LogP contribution in [-0.4, -0.2) is 25.3 Å². The number of nitrogens with one attached hydrogen (secondary N) is 2. The van der Waals surface area contributed by atoms with Gasteiger partial charge in [0.1, 0.15) is 0 Å². The van der Waals surface area contributed by atoms with Crippen molar-refractivity contribution in [2.24, 2.45) is 5.92 Å². The molecule has 0 saturated heterocycles. The van der Waals surface area contributed by atoms with Gasteiger partial charge >= 0.3 is 6.09 Å². The molecule has 0 spiro atoms. The van der Waals surface area contributed by atoms with Gasteiger partial charge in [0, 0.05) is 6.20 Å². The van der Waals surface area contributed by atoms with Crippen molar-refractivity contribution >= 4 is 6.09 Å². The fourth-order valence-corrected chi connectivity index (χ4v) is 1.01. The summed E-state index contributed by atoms with van der Waals surface area (Å²) in [4.78, 5) is 11.1.